The molecule has 1 atom stereocenters. The van der Waals surface area contributed by atoms with Crippen LogP contribution >= 0.6 is 0 Å². The van der Waals surface area contributed by atoms with Crippen molar-refractivity contribution in [2.75, 3.05) is 0 Å². The number of hydrogen-bond donors (Lipinski definition) is 2. The Kier molecular flexibility index (Phi) is 2.92. The summed E-state index contributed by atoms with van der Waals surface area (Å²) in [6, 6.07) is 4.57. The summed E-state index contributed by atoms with van der Waals surface area (Å²) in [5.74, 6) is -1.34. The predicted octanol–water partition coefficient (Wildman–Crippen LogP) is 1.12. The second-order valence-corrected chi connectivity index (χ2v) is 5.54. The van der Waals surface area contributed by atoms with Gasteiger partial charge < -0.3 is 5.11 Å². The summed E-state index contributed by atoms with van der Waals surface area (Å²) < 4.78 is 31.4. The van der Waals surface area contributed by atoms with E-state index in [0.29, 0.717) is 30.4 Å². The topological polar surface area (TPSA) is 91.7 Å². The van der Waals surface area contributed by atoms with Gasteiger partial charge in [-0.25, -0.2) is 0 Å². The number of benzene rings is 1. The molecule has 1 unspecified atom stereocenters. The predicted molar refractivity (Wildman–Crippen MR) is 59.4 cm³/mol. The standard InChI is InChI=1S/C11H12O5S/c12-11(13)8-4-5-9-7(6-8)2-1-3-10(9)17(14,15)16/h1-3,8H,4-6H2,(H,12,13)(H,14,15,16). The molecule has 1 aromatic rings. The van der Waals surface area contributed by atoms with Crippen LogP contribution < -0.4 is 0 Å². The van der Waals surface area contributed by atoms with Crippen LogP contribution in [0, 0.1) is 5.92 Å². The van der Waals surface area contributed by atoms with E-state index in [4.69, 9.17) is 9.66 Å². The molecule has 0 radical (unpaired) electrons. The van der Waals surface area contributed by atoms with Crippen molar-refractivity contribution in [3.8, 4) is 0 Å². The highest BCUT2D eigenvalue weighted by molar-refractivity contribution is 7.85. The Labute approximate surface area is 98.8 Å². The van der Waals surface area contributed by atoms with Gasteiger partial charge in [0.05, 0.1) is 10.8 Å². The first-order chi connectivity index (χ1) is 7.89. The van der Waals surface area contributed by atoms with Gasteiger partial charge in [0, 0.05) is 0 Å². The monoisotopic (exact) mass is 256 g/mol. The van der Waals surface area contributed by atoms with Crippen LogP contribution in [0.4, 0.5) is 0 Å². The minimum atomic E-state index is -4.23. The summed E-state index contributed by atoms with van der Waals surface area (Å²) in [5, 5.41) is 8.93. The van der Waals surface area contributed by atoms with E-state index in [1.807, 2.05) is 0 Å². The highest BCUT2D eigenvalue weighted by atomic mass is 32.2. The molecule has 0 spiro atoms. The fourth-order valence-electron chi connectivity index (χ4n) is 2.22. The molecule has 0 saturated heterocycles. The lowest BCUT2D eigenvalue weighted by molar-refractivity contribution is -0.142. The fourth-order valence-corrected chi connectivity index (χ4v) is 3.02. The lowest BCUT2D eigenvalue weighted by atomic mass is 9.84. The SMILES string of the molecule is O=C(O)C1CCc2c(cccc2S(=O)(=O)O)C1. The number of carboxylic acids is 1. The van der Waals surface area contributed by atoms with Crippen LogP contribution in [-0.4, -0.2) is 24.0 Å². The molecule has 0 aromatic heterocycles. The van der Waals surface area contributed by atoms with Gasteiger partial charge >= 0.3 is 5.97 Å². The average molecular weight is 256 g/mol. The molecule has 0 amide bonds. The van der Waals surface area contributed by atoms with Crippen molar-refractivity contribution >= 4 is 16.1 Å². The van der Waals surface area contributed by atoms with Crippen molar-refractivity contribution in [2.24, 2.45) is 5.92 Å². The van der Waals surface area contributed by atoms with Crippen molar-refractivity contribution in [3.05, 3.63) is 29.3 Å². The molecule has 0 fully saturated rings. The smallest absolute Gasteiger partial charge is 0.306 e. The Balaban J connectivity index is 2.46. The molecule has 5 nitrogen and oxygen atoms in total. The highest BCUT2D eigenvalue weighted by Gasteiger charge is 2.28. The van der Waals surface area contributed by atoms with E-state index in [2.05, 4.69) is 0 Å². The van der Waals surface area contributed by atoms with Crippen molar-refractivity contribution in [1.82, 2.24) is 0 Å². The molecule has 1 aliphatic carbocycles. The van der Waals surface area contributed by atoms with E-state index in [9.17, 15) is 13.2 Å². The minimum Gasteiger partial charge on any atom is -0.481 e. The van der Waals surface area contributed by atoms with Crippen LogP contribution in [0.25, 0.3) is 0 Å². The van der Waals surface area contributed by atoms with Gasteiger partial charge in [-0.15, -0.1) is 0 Å². The first kappa shape index (κ1) is 12.1. The zero-order valence-corrected chi connectivity index (χ0v) is 9.77. The first-order valence-electron chi connectivity index (χ1n) is 5.20. The van der Waals surface area contributed by atoms with Crippen LogP contribution in [-0.2, 0) is 27.8 Å². The Hall–Kier alpha value is -1.40. The second-order valence-electron chi connectivity index (χ2n) is 4.15. The zero-order chi connectivity index (χ0) is 12.6. The molecule has 1 aromatic carbocycles. The molecular formula is C11H12O5S. The Morgan fingerprint density at radius 1 is 1.35 bits per heavy atom. The van der Waals surface area contributed by atoms with E-state index in [0.717, 1.165) is 0 Å². The molecule has 0 heterocycles. The summed E-state index contributed by atoms with van der Waals surface area (Å²) in [6.45, 7) is 0. The maximum atomic E-state index is 11.2. The summed E-state index contributed by atoms with van der Waals surface area (Å²) in [4.78, 5) is 10.8. The molecule has 0 bridgehead atoms. The quantitative estimate of drug-likeness (QED) is 0.774. The maximum Gasteiger partial charge on any atom is 0.306 e. The highest BCUT2D eigenvalue weighted by Crippen LogP contribution is 2.30. The van der Waals surface area contributed by atoms with Gasteiger partial charge in [0.2, 0.25) is 0 Å². The number of hydrogen-bond acceptors (Lipinski definition) is 3. The average Bonchev–Trinajstić information content (AvgIpc) is 2.26. The summed E-state index contributed by atoms with van der Waals surface area (Å²) in [7, 11) is -4.23. The van der Waals surface area contributed by atoms with Gasteiger partial charge in [-0.3, -0.25) is 9.35 Å². The number of carbonyl (C=O) groups is 1. The lowest BCUT2D eigenvalue weighted by Crippen LogP contribution is -2.23. The summed E-state index contributed by atoms with van der Waals surface area (Å²) >= 11 is 0. The lowest BCUT2D eigenvalue weighted by Gasteiger charge is -2.22. The molecule has 2 N–H and O–H groups in total. The molecule has 6 heteroatoms. The van der Waals surface area contributed by atoms with Crippen LogP contribution in [0.3, 0.4) is 0 Å². The summed E-state index contributed by atoms with van der Waals surface area (Å²) in [5.41, 5.74) is 1.24. The van der Waals surface area contributed by atoms with Crippen LogP contribution in [0.5, 0.6) is 0 Å². The maximum absolute atomic E-state index is 11.2. The molecule has 1 aliphatic rings. The van der Waals surface area contributed by atoms with Gasteiger partial charge in [-0.1, -0.05) is 12.1 Å². The molecule has 2 rings (SSSR count). The second kappa shape index (κ2) is 4.12. The normalized spacial score (nSPS) is 19.7. The van der Waals surface area contributed by atoms with Gasteiger partial charge in [0.25, 0.3) is 10.1 Å². The van der Waals surface area contributed by atoms with E-state index >= 15 is 0 Å². The van der Waals surface area contributed by atoms with Gasteiger partial charge in [-0.05, 0) is 36.5 Å². The zero-order valence-electron chi connectivity index (χ0n) is 8.96. The van der Waals surface area contributed by atoms with E-state index < -0.39 is 22.0 Å². The minimum absolute atomic E-state index is 0.0983. The third kappa shape index (κ3) is 2.32. The van der Waals surface area contributed by atoms with Crippen LogP contribution in [0.1, 0.15) is 17.5 Å². The van der Waals surface area contributed by atoms with E-state index in [-0.39, 0.29) is 4.90 Å². The van der Waals surface area contributed by atoms with Crippen molar-refractivity contribution in [2.45, 2.75) is 24.2 Å². The number of rotatable bonds is 2. The Bertz CT molecular complexity index is 561. The Morgan fingerprint density at radius 2 is 2.06 bits per heavy atom. The summed E-state index contributed by atoms with van der Waals surface area (Å²) in [6.07, 6.45) is 1.07. The van der Waals surface area contributed by atoms with Gasteiger partial charge in [-0.2, -0.15) is 8.42 Å². The molecule has 0 saturated carbocycles. The van der Waals surface area contributed by atoms with Gasteiger partial charge in [0.15, 0.2) is 0 Å². The van der Waals surface area contributed by atoms with Crippen molar-refractivity contribution in [3.63, 3.8) is 0 Å². The first-order valence-corrected chi connectivity index (χ1v) is 6.64. The molecule has 92 valence electrons. The molecule has 17 heavy (non-hydrogen) atoms. The van der Waals surface area contributed by atoms with Crippen molar-refractivity contribution in [1.29, 1.82) is 0 Å². The Morgan fingerprint density at radius 3 is 2.65 bits per heavy atom. The van der Waals surface area contributed by atoms with E-state index in [1.165, 1.54) is 12.1 Å². The third-order valence-electron chi connectivity index (χ3n) is 3.07. The molecular weight excluding hydrogens is 244 g/mol. The number of carboxylic acid groups (broad SMARTS) is 1. The largest absolute Gasteiger partial charge is 0.481 e. The van der Waals surface area contributed by atoms with E-state index in [1.54, 1.807) is 6.07 Å². The molecule has 0 aliphatic heterocycles. The fraction of sp³-hybridized carbons (Fsp3) is 0.364. The third-order valence-corrected chi connectivity index (χ3v) is 4.00. The van der Waals surface area contributed by atoms with Crippen LogP contribution in [0.15, 0.2) is 23.1 Å². The van der Waals surface area contributed by atoms with Crippen LogP contribution in [0.2, 0.25) is 0 Å². The number of aliphatic carboxylic acids is 1. The van der Waals surface area contributed by atoms with Gasteiger partial charge in [0.1, 0.15) is 0 Å². The van der Waals surface area contributed by atoms with Crippen molar-refractivity contribution < 1.29 is 22.9 Å². The number of fused-ring (bicyclic) bond motifs is 1.